The van der Waals surface area contributed by atoms with Crippen LogP contribution in [0.4, 0.5) is 13.2 Å². The highest BCUT2D eigenvalue weighted by atomic mass is 32.2. The molecule has 140 valence electrons. The molecule has 0 bridgehead atoms. The number of hydrogen-bond donors (Lipinski definition) is 2. The summed E-state index contributed by atoms with van der Waals surface area (Å²) in [6.07, 6.45) is -2.73. The zero-order valence-corrected chi connectivity index (χ0v) is 14.6. The number of nitrogens with zero attached hydrogens (tertiary/aromatic N) is 2. The molecule has 26 heavy (non-hydrogen) atoms. The van der Waals surface area contributed by atoms with E-state index in [1.54, 1.807) is 0 Å². The average molecular weight is 385 g/mol. The Kier molecular flexibility index (Phi) is 5.69. The second kappa shape index (κ2) is 7.81. The normalized spacial score (nSPS) is 20.2. The molecule has 5 nitrogen and oxygen atoms in total. The van der Waals surface area contributed by atoms with Gasteiger partial charge in [-0.15, -0.1) is 0 Å². The maximum absolute atomic E-state index is 12.8. The van der Waals surface area contributed by atoms with Crippen molar-refractivity contribution in [2.45, 2.75) is 18.7 Å². The van der Waals surface area contributed by atoms with Gasteiger partial charge in [-0.3, -0.25) is 9.69 Å². The van der Waals surface area contributed by atoms with E-state index in [-0.39, 0.29) is 18.0 Å². The first-order valence-corrected chi connectivity index (χ1v) is 9.08. The average Bonchev–Trinajstić information content (AvgIpc) is 2.62. The fourth-order valence-corrected chi connectivity index (χ4v) is 3.63. The molecule has 0 saturated heterocycles. The third kappa shape index (κ3) is 4.66. The van der Waals surface area contributed by atoms with Crippen molar-refractivity contribution in [1.82, 2.24) is 10.3 Å². The van der Waals surface area contributed by atoms with Crippen LogP contribution >= 0.6 is 11.8 Å². The highest BCUT2D eigenvalue weighted by molar-refractivity contribution is 8.15. The first-order valence-electron chi connectivity index (χ1n) is 8.09. The molecule has 0 aliphatic carbocycles. The van der Waals surface area contributed by atoms with Gasteiger partial charge in [0.05, 0.1) is 17.4 Å². The number of benzene rings is 1. The highest BCUT2D eigenvalue weighted by Gasteiger charge is 2.31. The zero-order valence-electron chi connectivity index (χ0n) is 13.8. The van der Waals surface area contributed by atoms with E-state index in [4.69, 9.17) is 0 Å². The van der Waals surface area contributed by atoms with Gasteiger partial charge in [0.1, 0.15) is 5.04 Å². The lowest BCUT2D eigenvalue weighted by Gasteiger charge is -2.29. The quantitative estimate of drug-likeness (QED) is 0.836. The standard InChI is InChI=1S/C17H18F3N3O2S/c18-17(19,20)13-3-1-2-12(8-13)14(24)9-23-6-4-11(5-7-23)16-22-21-15(25)10-26-16/h1-4,8,14,24H,5-7,9-10H2,(H,21,25). The van der Waals surface area contributed by atoms with Gasteiger partial charge >= 0.3 is 6.18 Å². The van der Waals surface area contributed by atoms with Gasteiger partial charge in [-0.2, -0.15) is 18.3 Å². The molecule has 2 N–H and O–H groups in total. The van der Waals surface area contributed by atoms with E-state index >= 15 is 0 Å². The summed E-state index contributed by atoms with van der Waals surface area (Å²) >= 11 is 1.39. The number of aliphatic hydroxyl groups excluding tert-OH is 1. The van der Waals surface area contributed by atoms with Crippen molar-refractivity contribution in [2.75, 3.05) is 25.4 Å². The number of aliphatic hydroxyl groups is 1. The molecule has 1 unspecified atom stereocenters. The van der Waals surface area contributed by atoms with Crippen LogP contribution in [0.5, 0.6) is 0 Å². The van der Waals surface area contributed by atoms with Crippen LogP contribution < -0.4 is 5.43 Å². The number of hydrogen-bond acceptors (Lipinski definition) is 5. The molecule has 0 radical (unpaired) electrons. The largest absolute Gasteiger partial charge is 0.416 e. The van der Waals surface area contributed by atoms with Gasteiger partial charge in [-0.1, -0.05) is 30.0 Å². The van der Waals surface area contributed by atoms with Crippen molar-refractivity contribution < 1.29 is 23.1 Å². The molecule has 1 aromatic carbocycles. The summed E-state index contributed by atoms with van der Waals surface area (Å²) in [5.41, 5.74) is 2.99. The Morgan fingerprint density at radius 1 is 1.38 bits per heavy atom. The molecule has 0 saturated carbocycles. The van der Waals surface area contributed by atoms with E-state index in [1.807, 2.05) is 11.0 Å². The predicted octanol–water partition coefficient (Wildman–Crippen LogP) is 2.55. The zero-order chi connectivity index (χ0) is 18.7. The van der Waals surface area contributed by atoms with Gasteiger partial charge in [0.15, 0.2) is 0 Å². The molecule has 0 fully saturated rings. The number of nitrogens with one attached hydrogen (secondary N) is 1. The van der Waals surface area contributed by atoms with Gasteiger partial charge in [0, 0.05) is 19.6 Å². The first-order chi connectivity index (χ1) is 12.3. The Hall–Kier alpha value is -1.84. The molecular weight excluding hydrogens is 367 g/mol. The lowest BCUT2D eigenvalue weighted by atomic mass is 10.0. The Bertz CT molecular complexity index is 749. The maximum Gasteiger partial charge on any atom is 0.416 e. The first kappa shape index (κ1) is 18.9. The smallest absolute Gasteiger partial charge is 0.387 e. The van der Waals surface area contributed by atoms with Crippen LogP contribution in [0.15, 0.2) is 41.0 Å². The minimum Gasteiger partial charge on any atom is -0.387 e. The molecule has 1 aromatic rings. The van der Waals surface area contributed by atoms with Crippen LogP contribution in [-0.4, -0.2) is 46.3 Å². The molecule has 1 amide bonds. The number of hydrazone groups is 1. The van der Waals surface area contributed by atoms with E-state index in [0.717, 1.165) is 22.7 Å². The maximum atomic E-state index is 12.8. The Morgan fingerprint density at radius 3 is 2.81 bits per heavy atom. The van der Waals surface area contributed by atoms with Gasteiger partial charge < -0.3 is 5.11 Å². The van der Waals surface area contributed by atoms with E-state index in [0.29, 0.717) is 25.3 Å². The Labute approximate surface area is 152 Å². The van der Waals surface area contributed by atoms with Crippen LogP contribution in [0.2, 0.25) is 0 Å². The van der Waals surface area contributed by atoms with Crippen molar-refractivity contribution in [3.8, 4) is 0 Å². The topological polar surface area (TPSA) is 64.9 Å². The van der Waals surface area contributed by atoms with Crippen LogP contribution in [0, 0.1) is 0 Å². The third-order valence-electron chi connectivity index (χ3n) is 4.22. The second-order valence-corrected chi connectivity index (χ2v) is 7.08. The number of thioether (sulfide) groups is 1. The highest BCUT2D eigenvalue weighted by Crippen LogP contribution is 2.31. The molecule has 9 heteroatoms. The number of carbonyl (C=O) groups is 1. The van der Waals surface area contributed by atoms with Gasteiger partial charge in [0.25, 0.3) is 5.91 Å². The van der Waals surface area contributed by atoms with Crippen LogP contribution in [-0.2, 0) is 11.0 Å². The Balaban J connectivity index is 1.60. The van der Waals surface area contributed by atoms with E-state index in [1.165, 1.54) is 23.9 Å². The van der Waals surface area contributed by atoms with Gasteiger partial charge in [-0.25, -0.2) is 5.43 Å². The molecular formula is C17H18F3N3O2S. The third-order valence-corrected chi connectivity index (χ3v) is 5.25. The molecule has 2 aliphatic heterocycles. The lowest BCUT2D eigenvalue weighted by molar-refractivity contribution is -0.137. The summed E-state index contributed by atoms with van der Waals surface area (Å²) < 4.78 is 38.4. The number of alkyl halides is 3. The van der Waals surface area contributed by atoms with Crippen molar-refractivity contribution >= 4 is 22.7 Å². The summed E-state index contributed by atoms with van der Waals surface area (Å²) in [7, 11) is 0. The van der Waals surface area contributed by atoms with Gasteiger partial charge in [-0.05, 0) is 29.7 Å². The number of rotatable bonds is 4. The number of carbonyl (C=O) groups excluding carboxylic acids is 1. The van der Waals surface area contributed by atoms with Gasteiger partial charge in [0.2, 0.25) is 0 Å². The van der Waals surface area contributed by atoms with E-state index < -0.39 is 17.8 Å². The molecule has 3 rings (SSSR count). The predicted molar refractivity (Wildman–Crippen MR) is 93.6 cm³/mol. The summed E-state index contributed by atoms with van der Waals surface area (Å²) in [6.45, 7) is 1.48. The molecule has 2 heterocycles. The SMILES string of the molecule is O=C1CSC(C2=CCN(CC(O)c3cccc(C(F)(F)F)c3)CC2)=NN1. The van der Waals surface area contributed by atoms with E-state index in [9.17, 15) is 23.1 Å². The molecule has 1 atom stereocenters. The minimum absolute atomic E-state index is 0.124. The summed E-state index contributed by atoms with van der Waals surface area (Å²) in [6, 6.07) is 4.79. The van der Waals surface area contributed by atoms with Crippen LogP contribution in [0.3, 0.4) is 0 Å². The monoisotopic (exact) mass is 385 g/mol. The number of amides is 1. The van der Waals surface area contributed by atoms with Crippen LogP contribution in [0.1, 0.15) is 23.7 Å². The fourth-order valence-electron chi connectivity index (χ4n) is 2.82. The second-order valence-electron chi connectivity index (χ2n) is 6.12. The Morgan fingerprint density at radius 2 is 2.19 bits per heavy atom. The fraction of sp³-hybridized carbons (Fsp3) is 0.412. The summed E-state index contributed by atoms with van der Waals surface area (Å²) in [4.78, 5) is 13.1. The van der Waals surface area contributed by atoms with Crippen LogP contribution in [0.25, 0.3) is 0 Å². The van der Waals surface area contributed by atoms with Crippen molar-refractivity contribution in [3.63, 3.8) is 0 Å². The van der Waals surface area contributed by atoms with Crippen molar-refractivity contribution in [3.05, 3.63) is 47.0 Å². The number of β-amino-alcohol motifs (C(OH)–C–C–N with tert-alkyl or cyclic N) is 1. The number of halogens is 3. The van der Waals surface area contributed by atoms with Crippen molar-refractivity contribution in [2.24, 2.45) is 5.10 Å². The summed E-state index contributed by atoms with van der Waals surface area (Å²) in [5, 5.41) is 15.1. The molecule has 2 aliphatic rings. The van der Waals surface area contributed by atoms with E-state index in [2.05, 4.69) is 10.5 Å². The molecule has 0 spiro atoms. The van der Waals surface area contributed by atoms with Crippen molar-refractivity contribution in [1.29, 1.82) is 0 Å². The minimum atomic E-state index is -4.42. The summed E-state index contributed by atoms with van der Waals surface area (Å²) in [5.74, 6) is 0.217. The lowest BCUT2D eigenvalue weighted by Crippen LogP contribution is -2.35. The molecule has 0 aromatic heterocycles.